The molecule has 0 radical (unpaired) electrons. The molecule has 0 aliphatic carbocycles. The lowest BCUT2D eigenvalue weighted by molar-refractivity contribution is -0.143. The smallest absolute Gasteiger partial charge is 0.225 e. The summed E-state index contributed by atoms with van der Waals surface area (Å²) in [7, 11) is 0. The van der Waals surface area contributed by atoms with Gasteiger partial charge in [0.1, 0.15) is 5.82 Å². The molecule has 0 saturated carbocycles. The van der Waals surface area contributed by atoms with Gasteiger partial charge in [-0.2, -0.15) is 0 Å². The zero-order valence-corrected chi connectivity index (χ0v) is 16.0. The summed E-state index contributed by atoms with van der Waals surface area (Å²) in [5.74, 6) is 0.204. The highest BCUT2D eigenvalue weighted by atomic mass is 19.1. The van der Waals surface area contributed by atoms with Gasteiger partial charge in [0.25, 0.3) is 0 Å². The van der Waals surface area contributed by atoms with E-state index in [2.05, 4.69) is 6.92 Å². The predicted octanol–water partition coefficient (Wildman–Crippen LogP) is 2.81. The first kappa shape index (κ1) is 19.8. The molecule has 2 aliphatic rings. The zero-order chi connectivity index (χ0) is 19.2. The third kappa shape index (κ3) is 5.06. The minimum Gasteiger partial charge on any atom is -0.378 e. The highest BCUT2D eigenvalue weighted by Gasteiger charge is 2.31. The third-order valence-electron chi connectivity index (χ3n) is 5.77. The summed E-state index contributed by atoms with van der Waals surface area (Å²) < 4.78 is 18.4. The van der Waals surface area contributed by atoms with Crippen LogP contribution in [0.3, 0.4) is 0 Å². The number of benzene rings is 1. The van der Waals surface area contributed by atoms with Crippen LogP contribution in [0.2, 0.25) is 0 Å². The van der Waals surface area contributed by atoms with Crippen molar-refractivity contribution in [1.29, 1.82) is 0 Å². The van der Waals surface area contributed by atoms with Crippen molar-refractivity contribution in [3.63, 3.8) is 0 Å². The van der Waals surface area contributed by atoms with E-state index in [1.54, 1.807) is 12.1 Å². The summed E-state index contributed by atoms with van der Waals surface area (Å²) in [4.78, 5) is 29.1. The minimum absolute atomic E-state index is 0.0196. The van der Waals surface area contributed by atoms with Crippen molar-refractivity contribution in [3.05, 3.63) is 35.6 Å². The van der Waals surface area contributed by atoms with Crippen molar-refractivity contribution in [2.45, 2.75) is 38.5 Å². The number of amides is 2. The molecule has 1 aromatic rings. The van der Waals surface area contributed by atoms with Crippen LogP contribution in [0.25, 0.3) is 0 Å². The van der Waals surface area contributed by atoms with Crippen LogP contribution in [0, 0.1) is 11.7 Å². The summed E-state index contributed by atoms with van der Waals surface area (Å²) in [5, 5.41) is 0. The Hall–Kier alpha value is -1.95. The van der Waals surface area contributed by atoms with Gasteiger partial charge in [0.2, 0.25) is 11.8 Å². The molecule has 1 unspecified atom stereocenters. The average Bonchev–Trinajstić information content (AvgIpc) is 2.73. The fourth-order valence-electron chi connectivity index (χ4n) is 3.99. The molecule has 1 aromatic carbocycles. The molecular weight excluding hydrogens is 347 g/mol. The standard InChI is InChI=1S/C21H29FN2O3/c1-2-16(17-3-5-19(22)6-4-17)15-20(25)23-9-7-18(8-10-23)21(26)24-11-13-27-14-12-24/h3-6,16,18H,2,7-15H2,1H3. The van der Waals surface area contributed by atoms with Gasteiger partial charge < -0.3 is 14.5 Å². The van der Waals surface area contributed by atoms with Crippen LogP contribution in [0.15, 0.2) is 24.3 Å². The number of carbonyl (C=O) groups excluding carboxylic acids is 2. The SMILES string of the molecule is CCC(CC(=O)N1CCC(C(=O)N2CCOCC2)CC1)c1ccc(F)cc1. The number of likely N-dealkylation sites (tertiary alicyclic amines) is 1. The van der Waals surface area contributed by atoms with Crippen molar-refractivity contribution in [1.82, 2.24) is 9.80 Å². The maximum atomic E-state index is 13.1. The van der Waals surface area contributed by atoms with Crippen LogP contribution < -0.4 is 0 Å². The minimum atomic E-state index is -0.257. The molecule has 2 aliphatic heterocycles. The van der Waals surface area contributed by atoms with E-state index in [-0.39, 0.29) is 29.5 Å². The molecule has 148 valence electrons. The molecule has 2 fully saturated rings. The zero-order valence-electron chi connectivity index (χ0n) is 16.0. The summed E-state index contributed by atoms with van der Waals surface area (Å²) >= 11 is 0. The Labute approximate surface area is 160 Å². The van der Waals surface area contributed by atoms with Gasteiger partial charge in [-0.05, 0) is 42.9 Å². The fourth-order valence-corrected chi connectivity index (χ4v) is 3.99. The normalized spacial score (nSPS) is 19.8. The molecule has 3 rings (SSSR count). The maximum Gasteiger partial charge on any atom is 0.225 e. The van der Waals surface area contributed by atoms with Gasteiger partial charge >= 0.3 is 0 Å². The molecule has 0 N–H and O–H groups in total. The van der Waals surface area contributed by atoms with Crippen LogP contribution in [-0.2, 0) is 14.3 Å². The van der Waals surface area contributed by atoms with Crippen LogP contribution in [0.1, 0.15) is 44.1 Å². The largest absolute Gasteiger partial charge is 0.378 e. The number of ether oxygens (including phenoxy) is 1. The number of carbonyl (C=O) groups is 2. The van der Waals surface area contributed by atoms with Gasteiger partial charge in [0.05, 0.1) is 13.2 Å². The molecule has 1 atom stereocenters. The molecule has 2 saturated heterocycles. The average molecular weight is 376 g/mol. The second kappa shape index (κ2) is 9.31. The van der Waals surface area contributed by atoms with Crippen LogP contribution in [-0.4, -0.2) is 61.0 Å². The molecule has 0 bridgehead atoms. The lowest BCUT2D eigenvalue weighted by atomic mass is 9.91. The summed E-state index contributed by atoms with van der Waals surface area (Å²) in [5.41, 5.74) is 1.00. The van der Waals surface area contributed by atoms with Crippen LogP contribution >= 0.6 is 0 Å². The Bertz CT molecular complexity index is 635. The molecule has 0 aromatic heterocycles. The van der Waals surface area contributed by atoms with Crippen LogP contribution in [0.4, 0.5) is 4.39 Å². The third-order valence-corrected chi connectivity index (χ3v) is 5.77. The maximum absolute atomic E-state index is 13.1. The van der Waals surface area contributed by atoms with E-state index in [1.807, 2.05) is 9.80 Å². The number of hydrogen-bond acceptors (Lipinski definition) is 3. The van der Waals surface area contributed by atoms with Gasteiger partial charge in [-0.25, -0.2) is 4.39 Å². The molecule has 6 heteroatoms. The highest BCUT2D eigenvalue weighted by Crippen LogP contribution is 2.26. The molecule has 2 heterocycles. The summed E-state index contributed by atoms with van der Waals surface area (Å²) in [6.45, 7) is 5.91. The van der Waals surface area contributed by atoms with Gasteiger partial charge in [0, 0.05) is 38.5 Å². The van der Waals surface area contributed by atoms with Gasteiger partial charge in [-0.1, -0.05) is 19.1 Å². The van der Waals surface area contributed by atoms with E-state index in [4.69, 9.17) is 4.74 Å². The van der Waals surface area contributed by atoms with Crippen molar-refractivity contribution in [3.8, 4) is 0 Å². The quantitative estimate of drug-likeness (QED) is 0.794. The number of hydrogen-bond donors (Lipinski definition) is 0. The Morgan fingerprint density at radius 2 is 1.70 bits per heavy atom. The first-order chi connectivity index (χ1) is 13.1. The number of rotatable bonds is 5. The Morgan fingerprint density at radius 1 is 1.07 bits per heavy atom. The molecule has 2 amide bonds. The molecule has 5 nitrogen and oxygen atoms in total. The second-order valence-corrected chi connectivity index (χ2v) is 7.45. The van der Waals surface area contributed by atoms with Crippen molar-refractivity contribution < 1.29 is 18.7 Å². The van der Waals surface area contributed by atoms with Gasteiger partial charge in [-0.3, -0.25) is 9.59 Å². The second-order valence-electron chi connectivity index (χ2n) is 7.45. The highest BCUT2D eigenvalue weighted by molar-refractivity contribution is 5.80. The van der Waals surface area contributed by atoms with Crippen molar-refractivity contribution in [2.75, 3.05) is 39.4 Å². The molecule has 0 spiro atoms. The van der Waals surface area contributed by atoms with Crippen molar-refractivity contribution >= 4 is 11.8 Å². The fraction of sp³-hybridized carbons (Fsp3) is 0.619. The van der Waals surface area contributed by atoms with E-state index < -0.39 is 0 Å². The van der Waals surface area contributed by atoms with E-state index in [1.165, 1.54) is 12.1 Å². The predicted molar refractivity (Wildman–Crippen MR) is 101 cm³/mol. The first-order valence-electron chi connectivity index (χ1n) is 9.98. The number of nitrogens with zero attached hydrogens (tertiary/aromatic N) is 2. The summed E-state index contributed by atoms with van der Waals surface area (Å²) in [6.07, 6.45) is 2.73. The monoisotopic (exact) mass is 376 g/mol. The Kier molecular flexibility index (Phi) is 6.83. The van der Waals surface area contributed by atoms with E-state index in [0.29, 0.717) is 45.8 Å². The first-order valence-corrected chi connectivity index (χ1v) is 9.98. The van der Waals surface area contributed by atoms with E-state index >= 15 is 0 Å². The van der Waals surface area contributed by atoms with E-state index in [9.17, 15) is 14.0 Å². The van der Waals surface area contributed by atoms with Crippen LogP contribution in [0.5, 0.6) is 0 Å². The number of halogens is 1. The lowest BCUT2D eigenvalue weighted by Gasteiger charge is -2.36. The topological polar surface area (TPSA) is 49.9 Å². The summed E-state index contributed by atoms with van der Waals surface area (Å²) in [6, 6.07) is 6.43. The van der Waals surface area contributed by atoms with E-state index in [0.717, 1.165) is 24.8 Å². The van der Waals surface area contributed by atoms with Gasteiger partial charge in [-0.15, -0.1) is 0 Å². The number of piperidine rings is 1. The van der Waals surface area contributed by atoms with Crippen molar-refractivity contribution in [2.24, 2.45) is 5.92 Å². The molecular formula is C21H29FN2O3. The number of morpholine rings is 1. The van der Waals surface area contributed by atoms with Gasteiger partial charge in [0.15, 0.2) is 0 Å². The lowest BCUT2D eigenvalue weighted by Crippen LogP contribution is -2.47. The Balaban J connectivity index is 1.50. The Morgan fingerprint density at radius 3 is 2.30 bits per heavy atom. The molecule has 27 heavy (non-hydrogen) atoms.